The zero-order chi connectivity index (χ0) is 18.1. The second kappa shape index (κ2) is 6.54. The van der Waals surface area contributed by atoms with E-state index in [2.05, 4.69) is 0 Å². The molecule has 0 radical (unpaired) electrons. The third-order valence-corrected chi connectivity index (χ3v) is 4.44. The Morgan fingerprint density at radius 1 is 1.04 bits per heavy atom. The fourth-order valence-electron chi connectivity index (χ4n) is 2.98. The maximum Gasteiger partial charge on any atom is 0.330 e. The van der Waals surface area contributed by atoms with Crippen molar-refractivity contribution in [2.24, 2.45) is 14.1 Å². The first-order valence-corrected chi connectivity index (χ1v) is 7.95. The maximum absolute atomic E-state index is 13.9. The molecule has 3 rings (SSSR count). The molecule has 1 aromatic heterocycles. The van der Waals surface area contributed by atoms with Gasteiger partial charge in [-0.1, -0.05) is 12.1 Å². The first-order chi connectivity index (χ1) is 11.9. The van der Waals surface area contributed by atoms with Gasteiger partial charge in [-0.05, 0) is 12.1 Å². The summed E-state index contributed by atoms with van der Waals surface area (Å²) < 4.78 is 16.0. The van der Waals surface area contributed by atoms with Gasteiger partial charge in [0.1, 0.15) is 11.4 Å². The minimum atomic E-state index is -0.607. The number of aryl methyl sites for hydroxylation is 1. The monoisotopic (exact) mass is 346 g/mol. The van der Waals surface area contributed by atoms with Crippen LogP contribution in [0.4, 0.5) is 10.1 Å². The first kappa shape index (κ1) is 16.9. The zero-order valence-electron chi connectivity index (χ0n) is 14.1. The largest absolute Gasteiger partial charge is 0.366 e. The van der Waals surface area contributed by atoms with Crippen molar-refractivity contribution < 1.29 is 9.18 Å². The highest BCUT2D eigenvalue weighted by Crippen LogP contribution is 2.20. The van der Waals surface area contributed by atoms with Crippen molar-refractivity contribution in [2.75, 3.05) is 31.1 Å². The Balaban J connectivity index is 1.78. The predicted molar refractivity (Wildman–Crippen MR) is 91.4 cm³/mol. The molecule has 2 aromatic rings. The molecule has 1 aromatic carbocycles. The molecule has 0 saturated carbocycles. The summed E-state index contributed by atoms with van der Waals surface area (Å²) in [7, 11) is 2.84. The average molecular weight is 346 g/mol. The average Bonchev–Trinajstić information content (AvgIpc) is 2.63. The van der Waals surface area contributed by atoms with Crippen LogP contribution in [0.3, 0.4) is 0 Å². The normalized spacial score (nSPS) is 14.7. The number of carbonyl (C=O) groups is 1. The van der Waals surface area contributed by atoms with E-state index in [0.717, 1.165) is 4.57 Å². The lowest BCUT2D eigenvalue weighted by atomic mass is 10.2. The number of piperazine rings is 1. The van der Waals surface area contributed by atoms with Gasteiger partial charge in [0.25, 0.3) is 11.5 Å². The van der Waals surface area contributed by atoms with Crippen molar-refractivity contribution in [1.82, 2.24) is 14.0 Å². The molecule has 1 aliphatic rings. The molecule has 0 N–H and O–H groups in total. The molecular weight excluding hydrogens is 327 g/mol. The van der Waals surface area contributed by atoms with Crippen molar-refractivity contribution in [3.05, 3.63) is 62.7 Å². The summed E-state index contributed by atoms with van der Waals surface area (Å²) in [5.74, 6) is -0.710. The van der Waals surface area contributed by atoms with E-state index in [9.17, 15) is 18.8 Å². The number of halogens is 1. The predicted octanol–water partition coefficient (Wildman–Crippen LogP) is 0.185. The third-order valence-electron chi connectivity index (χ3n) is 4.44. The van der Waals surface area contributed by atoms with Crippen molar-refractivity contribution >= 4 is 11.6 Å². The number of hydrogen-bond acceptors (Lipinski definition) is 4. The molecule has 25 heavy (non-hydrogen) atoms. The standard InChI is InChI=1S/C17H19FN4O3/c1-19-11-12(15(23)20(2)17(19)25)16(24)22-9-7-21(8-10-22)14-6-4-3-5-13(14)18/h3-6,11H,7-10H2,1-2H3. The molecule has 1 amide bonds. The Bertz CT molecular complexity index is 926. The molecule has 7 nitrogen and oxygen atoms in total. The van der Waals surface area contributed by atoms with Gasteiger partial charge in [-0.2, -0.15) is 0 Å². The Kier molecular flexibility index (Phi) is 4.43. The quantitative estimate of drug-likeness (QED) is 0.778. The van der Waals surface area contributed by atoms with Gasteiger partial charge >= 0.3 is 5.69 Å². The van der Waals surface area contributed by atoms with Gasteiger partial charge < -0.3 is 14.4 Å². The lowest BCUT2D eigenvalue weighted by molar-refractivity contribution is 0.0743. The SMILES string of the molecule is Cn1cc(C(=O)N2CCN(c3ccccc3F)CC2)c(=O)n(C)c1=O. The number of rotatable bonds is 2. The second-order valence-corrected chi connectivity index (χ2v) is 6.03. The number of carbonyl (C=O) groups excluding carboxylic acids is 1. The first-order valence-electron chi connectivity index (χ1n) is 7.95. The van der Waals surface area contributed by atoms with Crippen LogP contribution in [-0.4, -0.2) is 46.1 Å². The molecule has 1 aliphatic heterocycles. The number of nitrogens with zero attached hydrogens (tertiary/aromatic N) is 4. The topological polar surface area (TPSA) is 67.6 Å². The van der Waals surface area contributed by atoms with Gasteiger partial charge in [0.2, 0.25) is 0 Å². The van der Waals surface area contributed by atoms with E-state index in [-0.39, 0.29) is 11.4 Å². The van der Waals surface area contributed by atoms with Gasteiger partial charge in [0, 0.05) is 46.5 Å². The molecule has 1 saturated heterocycles. The molecule has 0 aliphatic carbocycles. The number of hydrogen-bond donors (Lipinski definition) is 0. The Hall–Kier alpha value is -2.90. The number of benzene rings is 1. The van der Waals surface area contributed by atoms with Crippen molar-refractivity contribution in [2.45, 2.75) is 0 Å². The van der Waals surface area contributed by atoms with Crippen LogP contribution in [0.2, 0.25) is 0 Å². The van der Waals surface area contributed by atoms with E-state index < -0.39 is 17.2 Å². The summed E-state index contributed by atoms with van der Waals surface area (Å²) in [6, 6.07) is 6.51. The molecule has 1 fully saturated rings. The Morgan fingerprint density at radius 2 is 1.68 bits per heavy atom. The van der Waals surface area contributed by atoms with Crippen LogP contribution in [0.1, 0.15) is 10.4 Å². The molecule has 2 heterocycles. The van der Waals surface area contributed by atoms with Gasteiger partial charge in [-0.15, -0.1) is 0 Å². The van der Waals surface area contributed by atoms with Crippen LogP contribution < -0.4 is 16.1 Å². The van der Waals surface area contributed by atoms with Gasteiger partial charge in [0.15, 0.2) is 0 Å². The highest BCUT2D eigenvalue weighted by atomic mass is 19.1. The number of para-hydroxylation sites is 1. The lowest BCUT2D eigenvalue weighted by Gasteiger charge is -2.36. The third kappa shape index (κ3) is 3.07. The lowest BCUT2D eigenvalue weighted by Crippen LogP contribution is -2.51. The Morgan fingerprint density at radius 3 is 2.32 bits per heavy atom. The zero-order valence-corrected chi connectivity index (χ0v) is 14.1. The van der Waals surface area contributed by atoms with E-state index in [1.165, 1.54) is 30.9 Å². The van der Waals surface area contributed by atoms with Crippen LogP contribution in [0.5, 0.6) is 0 Å². The van der Waals surface area contributed by atoms with Crippen LogP contribution in [-0.2, 0) is 14.1 Å². The highest BCUT2D eigenvalue weighted by molar-refractivity contribution is 5.93. The summed E-state index contributed by atoms with van der Waals surface area (Å²) in [6.45, 7) is 1.69. The maximum atomic E-state index is 13.9. The van der Waals surface area contributed by atoms with Crippen molar-refractivity contribution in [3.63, 3.8) is 0 Å². The smallest absolute Gasteiger partial charge is 0.330 e. The summed E-state index contributed by atoms with van der Waals surface area (Å²) in [5.41, 5.74) is -0.618. The van der Waals surface area contributed by atoms with Gasteiger partial charge in [-0.3, -0.25) is 14.2 Å². The fourth-order valence-corrected chi connectivity index (χ4v) is 2.98. The second-order valence-electron chi connectivity index (χ2n) is 6.03. The van der Waals surface area contributed by atoms with E-state index in [1.807, 2.05) is 4.90 Å². The number of amides is 1. The molecule has 8 heteroatoms. The van der Waals surface area contributed by atoms with E-state index in [1.54, 1.807) is 23.1 Å². The van der Waals surface area contributed by atoms with E-state index >= 15 is 0 Å². The molecule has 0 atom stereocenters. The Labute approximate surface area is 143 Å². The van der Waals surface area contributed by atoms with Crippen molar-refractivity contribution in [3.8, 4) is 0 Å². The highest BCUT2D eigenvalue weighted by Gasteiger charge is 2.26. The molecule has 0 spiro atoms. The molecule has 0 unspecified atom stereocenters. The van der Waals surface area contributed by atoms with E-state index in [0.29, 0.717) is 31.9 Å². The van der Waals surface area contributed by atoms with Crippen LogP contribution in [0, 0.1) is 5.82 Å². The van der Waals surface area contributed by atoms with E-state index in [4.69, 9.17) is 0 Å². The van der Waals surface area contributed by atoms with Crippen molar-refractivity contribution in [1.29, 1.82) is 0 Å². The minimum Gasteiger partial charge on any atom is -0.366 e. The molecular formula is C17H19FN4O3. The van der Waals surface area contributed by atoms with Crippen LogP contribution >= 0.6 is 0 Å². The fraction of sp³-hybridized carbons (Fsp3) is 0.353. The summed E-state index contributed by atoms with van der Waals surface area (Å²) in [6.07, 6.45) is 1.27. The number of aromatic nitrogens is 2. The minimum absolute atomic E-state index is 0.0380. The molecule has 0 bridgehead atoms. The summed E-state index contributed by atoms with van der Waals surface area (Å²) in [4.78, 5) is 40.0. The van der Waals surface area contributed by atoms with Gasteiger partial charge in [0.05, 0.1) is 5.69 Å². The van der Waals surface area contributed by atoms with Crippen LogP contribution in [0.25, 0.3) is 0 Å². The summed E-state index contributed by atoms with van der Waals surface area (Å²) in [5, 5.41) is 0. The van der Waals surface area contributed by atoms with Gasteiger partial charge in [-0.25, -0.2) is 9.18 Å². The molecule has 132 valence electrons. The summed E-state index contributed by atoms with van der Waals surface area (Å²) >= 11 is 0. The van der Waals surface area contributed by atoms with Crippen LogP contribution in [0.15, 0.2) is 40.1 Å². The number of anilines is 1.